The lowest BCUT2D eigenvalue weighted by molar-refractivity contribution is 0.107. The van der Waals surface area contributed by atoms with Crippen LogP contribution in [-0.4, -0.2) is 12.4 Å². The van der Waals surface area contributed by atoms with Crippen LogP contribution in [0.2, 0.25) is 5.02 Å². The Morgan fingerprint density at radius 2 is 2.15 bits per heavy atom. The summed E-state index contributed by atoms with van der Waals surface area (Å²) in [5.74, 6) is 0.394. The van der Waals surface area contributed by atoms with E-state index in [1.54, 1.807) is 12.1 Å². The van der Waals surface area contributed by atoms with Crippen molar-refractivity contribution in [2.24, 2.45) is 0 Å². The van der Waals surface area contributed by atoms with Crippen molar-refractivity contribution in [3.63, 3.8) is 0 Å². The molecular formula is C8H5Cl2IO2. The van der Waals surface area contributed by atoms with Crippen LogP contribution in [0.15, 0.2) is 12.1 Å². The lowest BCUT2D eigenvalue weighted by Gasteiger charge is -2.06. The maximum absolute atomic E-state index is 10.9. The first-order valence-electron chi connectivity index (χ1n) is 3.29. The van der Waals surface area contributed by atoms with Gasteiger partial charge in [0.05, 0.1) is 17.7 Å². The Hall–Kier alpha value is -0.000000000000000167. The van der Waals surface area contributed by atoms with E-state index in [1.165, 1.54) is 7.11 Å². The summed E-state index contributed by atoms with van der Waals surface area (Å²) in [7, 11) is 1.46. The minimum Gasteiger partial charge on any atom is -0.496 e. The number of benzene rings is 1. The van der Waals surface area contributed by atoms with Crippen LogP contribution < -0.4 is 4.74 Å². The second-order valence-corrected chi connectivity index (χ2v) is 4.15. The Kier molecular flexibility index (Phi) is 3.82. The van der Waals surface area contributed by atoms with Crippen molar-refractivity contribution in [3.8, 4) is 5.75 Å². The summed E-state index contributed by atoms with van der Waals surface area (Å²) in [5, 5.41) is -0.00875. The Balaban J connectivity index is 3.33. The SMILES string of the molecule is COc1cc(Cl)c(I)cc1C(=O)Cl. The molecule has 0 spiro atoms. The fraction of sp³-hybridized carbons (Fsp3) is 0.125. The smallest absolute Gasteiger partial charge is 0.256 e. The Labute approximate surface area is 99.3 Å². The fourth-order valence-corrected chi connectivity index (χ4v) is 1.62. The van der Waals surface area contributed by atoms with Crippen LogP contribution in [0.3, 0.4) is 0 Å². The molecule has 0 radical (unpaired) electrons. The van der Waals surface area contributed by atoms with Gasteiger partial charge in [0.2, 0.25) is 0 Å². The Bertz CT molecular complexity index is 352. The van der Waals surface area contributed by atoms with Crippen molar-refractivity contribution in [1.82, 2.24) is 0 Å². The summed E-state index contributed by atoms with van der Waals surface area (Å²) in [5.41, 5.74) is 0.331. The molecule has 1 aromatic rings. The standard InChI is InChI=1S/C8H5Cl2IO2/c1-13-7-3-5(9)6(11)2-4(7)8(10)12/h2-3H,1H3. The number of ether oxygens (including phenoxy) is 1. The molecular weight excluding hydrogens is 326 g/mol. The Morgan fingerprint density at radius 3 is 2.62 bits per heavy atom. The van der Waals surface area contributed by atoms with Crippen molar-refractivity contribution in [2.45, 2.75) is 0 Å². The van der Waals surface area contributed by atoms with E-state index in [1.807, 2.05) is 22.6 Å². The molecule has 2 nitrogen and oxygen atoms in total. The molecule has 0 amide bonds. The van der Waals surface area contributed by atoms with E-state index in [0.717, 1.165) is 3.57 Å². The second kappa shape index (κ2) is 4.48. The van der Waals surface area contributed by atoms with Gasteiger partial charge in [-0.25, -0.2) is 0 Å². The van der Waals surface area contributed by atoms with Gasteiger partial charge in [0.1, 0.15) is 5.75 Å². The summed E-state index contributed by atoms with van der Waals surface area (Å²) >= 11 is 13.2. The van der Waals surface area contributed by atoms with Crippen LogP contribution in [-0.2, 0) is 0 Å². The number of rotatable bonds is 2. The molecule has 0 aliphatic rings. The first-order chi connectivity index (χ1) is 6.06. The zero-order valence-corrected chi connectivity index (χ0v) is 10.3. The first kappa shape index (κ1) is 11.1. The minimum absolute atomic E-state index is 0.331. The highest BCUT2D eigenvalue weighted by Crippen LogP contribution is 2.29. The van der Waals surface area contributed by atoms with E-state index in [2.05, 4.69) is 0 Å². The zero-order chi connectivity index (χ0) is 10.0. The van der Waals surface area contributed by atoms with Gasteiger partial charge in [0.15, 0.2) is 0 Å². The van der Waals surface area contributed by atoms with Crippen LogP contribution in [0, 0.1) is 3.57 Å². The van der Waals surface area contributed by atoms with E-state index in [9.17, 15) is 4.79 Å². The predicted molar refractivity (Wildman–Crippen MR) is 60.9 cm³/mol. The number of hydrogen-bond acceptors (Lipinski definition) is 2. The largest absolute Gasteiger partial charge is 0.496 e. The molecule has 0 N–H and O–H groups in total. The summed E-state index contributed by atoms with van der Waals surface area (Å²) in [4.78, 5) is 10.9. The molecule has 0 aromatic heterocycles. The number of carbonyl (C=O) groups is 1. The third kappa shape index (κ3) is 2.48. The summed E-state index contributed by atoms with van der Waals surface area (Å²) in [6.07, 6.45) is 0. The van der Waals surface area contributed by atoms with E-state index in [0.29, 0.717) is 16.3 Å². The lowest BCUT2D eigenvalue weighted by Crippen LogP contribution is -1.96. The van der Waals surface area contributed by atoms with Crippen LogP contribution in [0.25, 0.3) is 0 Å². The predicted octanol–water partition coefficient (Wildman–Crippen LogP) is 3.33. The van der Waals surface area contributed by atoms with Gasteiger partial charge in [0.25, 0.3) is 5.24 Å². The molecule has 0 heterocycles. The molecule has 0 aliphatic carbocycles. The maximum atomic E-state index is 10.9. The Morgan fingerprint density at radius 1 is 1.54 bits per heavy atom. The molecule has 5 heteroatoms. The number of methoxy groups -OCH3 is 1. The number of hydrogen-bond donors (Lipinski definition) is 0. The van der Waals surface area contributed by atoms with Crippen molar-refractivity contribution >= 4 is 51.0 Å². The van der Waals surface area contributed by atoms with Crippen LogP contribution in [0.5, 0.6) is 5.75 Å². The van der Waals surface area contributed by atoms with Crippen molar-refractivity contribution in [1.29, 1.82) is 0 Å². The van der Waals surface area contributed by atoms with Gasteiger partial charge >= 0.3 is 0 Å². The summed E-state index contributed by atoms with van der Waals surface area (Å²) < 4.78 is 5.72. The van der Waals surface area contributed by atoms with Crippen molar-refractivity contribution < 1.29 is 9.53 Å². The highest BCUT2D eigenvalue weighted by Gasteiger charge is 2.12. The molecule has 0 atom stereocenters. The van der Waals surface area contributed by atoms with Gasteiger partial charge in [-0.1, -0.05) is 11.6 Å². The van der Waals surface area contributed by atoms with Gasteiger partial charge in [-0.3, -0.25) is 4.79 Å². The zero-order valence-electron chi connectivity index (χ0n) is 6.61. The number of halogens is 3. The molecule has 0 fully saturated rings. The highest BCUT2D eigenvalue weighted by atomic mass is 127. The van der Waals surface area contributed by atoms with Crippen molar-refractivity contribution in [3.05, 3.63) is 26.3 Å². The molecule has 0 bridgehead atoms. The molecule has 1 rings (SSSR count). The summed E-state index contributed by atoms with van der Waals surface area (Å²) in [6, 6.07) is 3.16. The first-order valence-corrected chi connectivity index (χ1v) is 5.12. The van der Waals surface area contributed by atoms with Crippen LogP contribution in [0.1, 0.15) is 10.4 Å². The molecule has 0 aliphatic heterocycles. The molecule has 1 aromatic carbocycles. The lowest BCUT2D eigenvalue weighted by atomic mass is 10.2. The monoisotopic (exact) mass is 330 g/mol. The summed E-state index contributed by atoms with van der Waals surface area (Å²) in [6.45, 7) is 0. The normalized spacial score (nSPS) is 9.85. The van der Waals surface area contributed by atoms with Crippen molar-refractivity contribution in [2.75, 3.05) is 7.11 Å². The average Bonchev–Trinajstić information content (AvgIpc) is 2.08. The van der Waals surface area contributed by atoms with Gasteiger partial charge in [-0.05, 0) is 40.3 Å². The van der Waals surface area contributed by atoms with E-state index in [-0.39, 0.29) is 0 Å². The molecule has 0 unspecified atom stereocenters. The molecule has 70 valence electrons. The van der Waals surface area contributed by atoms with Crippen LogP contribution >= 0.6 is 45.8 Å². The quantitative estimate of drug-likeness (QED) is 0.614. The average molecular weight is 331 g/mol. The third-order valence-electron chi connectivity index (χ3n) is 1.45. The van der Waals surface area contributed by atoms with E-state index < -0.39 is 5.24 Å². The van der Waals surface area contributed by atoms with Gasteiger partial charge in [-0.15, -0.1) is 0 Å². The van der Waals surface area contributed by atoms with Gasteiger partial charge in [0, 0.05) is 9.64 Å². The second-order valence-electron chi connectivity index (χ2n) is 2.24. The number of carbonyl (C=O) groups excluding carboxylic acids is 1. The molecule has 0 saturated heterocycles. The van der Waals surface area contributed by atoms with Gasteiger partial charge in [-0.2, -0.15) is 0 Å². The molecule has 13 heavy (non-hydrogen) atoms. The minimum atomic E-state index is -0.550. The highest BCUT2D eigenvalue weighted by molar-refractivity contribution is 14.1. The van der Waals surface area contributed by atoms with Crippen LogP contribution in [0.4, 0.5) is 0 Å². The topological polar surface area (TPSA) is 26.3 Å². The van der Waals surface area contributed by atoms with E-state index in [4.69, 9.17) is 27.9 Å². The third-order valence-corrected chi connectivity index (χ3v) is 3.18. The fourth-order valence-electron chi connectivity index (χ4n) is 0.851. The van der Waals surface area contributed by atoms with E-state index >= 15 is 0 Å². The van der Waals surface area contributed by atoms with Gasteiger partial charge < -0.3 is 4.74 Å². The molecule has 0 saturated carbocycles. The maximum Gasteiger partial charge on any atom is 0.256 e.